The van der Waals surface area contributed by atoms with Gasteiger partial charge in [0.15, 0.2) is 0 Å². The number of benzene rings is 2. The Balaban J connectivity index is 2.30. The third-order valence-corrected chi connectivity index (χ3v) is 3.87. The van der Waals surface area contributed by atoms with Crippen LogP contribution in [0.3, 0.4) is 0 Å². The SMILES string of the molecule is COc1ccc(Br)c(NC(=O)c2cc(Br)ccc2N)c1. The fraction of sp³-hybridized carbons (Fsp3) is 0.0714. The minimum Gasteiger partial charge on any atom is -0.497 e. The first-order valence-corrected chi connectivity index (χ1v) is 7.30. The summed E-state index contributed by atoms with van der Waals surface area (Å²) in [6.45, 7) is 0. The summed E-state index contributed by atoms with van der Waals surface area (Å²) in [7, 11) is 1.57. The Morgan fingerprint density at radius 1 is 1.20 bits per heavy atom. The lowest BCUT2D eigenvalue weighted by Gasteiger charge is -2.11. The second-order valence-electron chi connectivity index (χ2n) is 4.03. The number of anilines is 2. The number of nitrogen functional groups attached to an aromatic ring is 1. The van der Waals surface area contributed by atoms with E-state index in [2.05, 4.69) is 37.2 Å². The Morgan fingerprint density at radius 2 is 1.95 bits per heavy atom. The minimum absolute atomic E-state index is 0.280. The Hall–Kier alpha value is -1.53. The van der Waals surface area contributed by atoms with E-state index >= 15 is 0 Å². The van der Waals surface area contributed by atoms with Crippen LogP contribution in [0, 0.1) is 0 Å². The van der Waals surface area contributed by atoms with E-state index in [9.17, 15) is 4.79 Å². The van der Waals surface area contributed by atoms with Crippen LogP contribution in [-0.2, 0) is 0 Å². The van der Waals surface area contributed by atoms with Gasteiger partial charge in [-0.05, 0) is 46.3 Å². The van der Waals surface area contributed by atoms with Crippen LogP contribution in [-0.4, -0.2) is 13.0 Å². The van der Waals surface area contributed by atoms with Gasteiger partial charge >= 0.3 is 0 Å². The molecule has 3 N–H and O–H groups in total. The maximum atomic E-state index is 12.3. The predicted octanol–water partition coefficient (Wildman–Crippen LogP) is 4.05. The van der Waals surface area contributed by atoms with E-state index in [-0.39, 0.29) is 5.91 Å². The lowest BCUT2D eigenvalue weighted by molar-refractivity contribution is 0.102. The average Bonchev–Trinajstić information content (AvgIpc) is 2.43. The molecule has 0 bridgehead atoms. The molecule has 6 heteroatoms. The molecule has 2 rings (SSSR count). The van der Waals surface area contributed by atoms with Gasteiger partial charge < -0.3 is 15.8 Å². The van der Waals surface area contributed by atoms with Crippen molar-refractivity contribution >= 4 is 49.1 Å². The summed E-state index contributed by atoms with van der Waals surface area (Å²) < 4.78 is 6.69. The first kappa shape index (κ1) is 14.9. The quantitative estimate of drug-likeness (QED) is 0.765. The maximum Gasteiger partial charge on any atom is 0.257 e. The number of nitrogens with one attached hydrogen (secondary N) is 1. The van der Waals surface area contributed by atoms with Gasteiger partial charge in [0.25, 0.3) is 5.91 Å². The fourth-order valence-corrected chi connectivity index (χ4v) is 2.35. The second kappa shape index (κ2) is 6.28. The van der Waals surface area contributed by atoms with Gasteiger partial charge in [0.1, 0.15) is 5.75 Å². The van der Waals surface area contributed by atoms with E-state index in [1.807, 2.05) is 0 Å². The minimum atomic E-state index is -0.280. The number of ether oxygens (including phenoxy) is 1. The largest absolute Gasteiger partial charge is 0.497 e. The number of amides is 1. The first-order chi connectivity index (χ1) is 9.51. The lowest BCUT2D eigenvalue weighted by atomic mass is 10.1. The van der Waals surface area contributed by atoms with Crippen LogP contribution in [0.4, 0.5) is 11.4 Å². The number of hydrogen-bond acceptors (Lipinski definition) is 3. The molecule has 0 atom stereocenters. The average molecular weight is 400 g/mol. The summed E-state index contributed by atoms with van der Waals surface area (Å²) in [4.78, 5) is 12.3. The van der Waals surface area contributed by atoms with Gasteiger partial charge in [0.2, 0.25) is 0 Å². The van der Waals surface area contributed by atoms with Crippen molar-refractivity contribution in [1.82, 2.24) is 0 Å². The van der Waals surface area contributed by atoms with Gasteiger partial charge in [-0.25, -0.2) is 0 Å². The monoisotopic (exact) mass is 398 g/mol. The van der Waals surface area contributed by atoms with Gasteiger partial charge in [0, 0.05) is 20.7 Å². The number of carbonyl (C=O) groups is 1. The molecule has 0 aromatic heterocycles. The summed E-state index contributed by atoms with van der Waals surface area (Å²) in [5.74, 6) is 0.378. The van der Waals surface area contributed by atoms with Crippen molar-refractivity contribution in [2.75, 3.05) is 18.2 Å². The molecule has 2 aromatic carbocycles. The molecule has 4 nitrogen and oxygen atoms in total. The number of hydrogen-bond donors (Lipinski definition) is 2. The van der Waals surface area contributed by atoms with Crippen LogP contribution in [0.15, 0.2) is 45.3 Å². The van der Waals surface area contributed by atoms with E-state index in [1.54, 1.807) is 43.5 Å². The topological polar surface area (TPSA) is 64.3 Å². The molecule has 2 aromatic rings. The number of rotatable bonds is 3. The van der Waals surface area contributed by atoms with Gasteiger partial charge in [-0.1, -0.05) is 15.9 Å². The van der Waals surface area contributed by atoms with E-state index in [4.69, 9.17) is 10.5 Å². The summed E-state index contributed by atoms with van der Waals surface area (Å²) >= 11 is 6.71. The molecule has 0 radical (unpaired) electrons. The van der Waals surface area contributed by atoms with E-state index < -0.39 is 0 Å². The molecule has 0 saturated heterocycles. The molecule has 0 aliphatic heterocycles. The zero-order chi connectivity index (χ0) is 14.7. The highest BCUT2D eigenvalue weighted by Gasteiger charge is 2.12. The molecule has 0 spiro atoms. The highest BCUT2D eigenvalue weighted by molar-refractivity contribution is 9.10. The first-order valence-electron chi connectivity index (χ1n) is 5.71. The van der Waals surface area contributed by atoms with Gasteiger partial charge in [-0.2, -0.15) is 0 Å². The van der Waals surface area contributed by atoms with Crippen molar-refractivity contribution in [2.24, 2.45) is 0 Å². The van der Waals surface area contributed by atoms with Crippen molar-refractivity contribution in [1.29, 1.82) is 0 Å². The highest BCUT2D eigenvalue weighted by atomic mass is 79.9. The summed E-state index contributed by atoms with van der Waals surface area (Å²) in [6, 6.07) is 10.5. The van der Waals surface area contributed by atoms with Crippen LogP contribution >= 0.6 is 31.9 Å². The zero-order valence-corrected chi connectivity index (χ0v) is 13.8. The molecule has 0 saturated carbocycles. The third-order valence-electron chi connectivity index (χ3n) is 2.68. The van der Waals surface area contributed by atoms with Crippen molar-refractivity contribution in [3.8, 4) is 5.75 Å². The Bertz CT molecular complexity index is 660. The Kier molecular flexibility index (Phi) is 4.67. The van der Waals surface area contributed by atoms with Crippen LogP contribution in [0.5, 0.6) is 5.75 Å². The fourth-order valence-electron chi connectivity index (χ4n) is 1.64. The maximum absolute atomic E-state index is 12.3. The Morgan fingerprint density at radius 3 is 2.65 bits per heavy atom. The van der Waals surface area contributed by atoms with E-state index in [1.165, 1.54) is 0 Å². The van der Waals surface area contributed by atoms with Crippen molar-refractivity contribution in [2.45, 2.75) is 0 Å². The molecule has 0 aliphatic rings. The van der Waals surface area contributed by atoms with Crippen LogP contribution in [0.25, 0.3) is 0 Å². The molecular weight excluding hydrogens is 388 g/mol. The van der Waals surface area contributed by atoms with E-state index in [0.717, 1.165) is 8.95 Å². The molecule has 0 unspecified atom stereocenters. The third kappa shape index (κ3) is 3.32. The molecule has 0 fully saturated rings. The van der Waals surface area contributed by atoms with Gasteiger partial charge in [-0.3, -0.25) is 4.79 Å². The van der Waals surface area contributed by atoms with Crippen molar-refractivity contribution in [3.63, 3.8) is 0 Å². The van der Waals surface area contributed by atoms with Crippen LogP contribution in [0.2, 0.25) is 0 Å². The lowest BCUT2D eigenvalue weighted by Crippen LogP contribution is -2.14. The predicted molar refractivity (Wildman–Crippen MR) is 87.2 cm³/mol. The molecule has 104 valence electrons. The molecular formula is C14H12Br2N2O2. The molecule has 20 heavy (non-hydrogen) atoms. The smallest absolute Gasteiger partial charge is 0.257 e. The second-order valence-corrected chi connectivity index (χ2v) is 5.80. The van der Waals surface area contributed by atoms with Gasteiger partial charge in [-0.15, -0.1) is 0 Å². The molecule has 1 amide bonds. The molecule has 0 aliphatic carbocycles. The van der Waals surface area contributed by atoms with E-state index in [0.29, 0.717) is 22.7 Å². The van der Waals surface area contributed by atoms with Gasteiger partial charge in [0.05, 0.1) is 18.4 Å². The van der Waals surface area contributed by atoms with Crippen molar-refractivity contribution < 1.29 is 9.53 Å². The van der Waals surface area contributed by atoms with Crippen molar-refractivity contribution in [3.05, 3.63) is 50.9 Å². The van der Waals surface area contributed by atoms with Crippen LogP contribution in [0.1, 0.15) is 10.4 Å². The number of halogens is 2. The molecule has 0 heterocycles. The number of nitrogens with two attached hydrogens (primary N) is 1. The zero-order valence-electron chi connectivity index (χ0n) is 10.6. The summed E-state index contributed by atoms with van der Waals surface area (Å²) in [6.07, 6.45) is 0. The highest BCUT2D eigenvalue weighted by Crippen LogP contribution is 2.28. The standard InChI is InChI=1S/C14H12Br2N2O2/c1-20-9-3-4-11(16)13(7-9)18-14(19)10-6-8(15)2-5-12(10)17/h2-7H,17H2,1H3,(H,18,19). The normalized spacial score (nSPS) is 10.2. The number of carbonyl (C=O) groups excluding carboxylic acids is 1. The summed E-state index contributed by atoms with van der Waals surface area (Å²) in [5.41, 5.74) is 7.27. The van der Waals surface area contributed by atoms with Crippen LogP contribution < -0.4 is 15.8 Å². The number of methoxy groups -OCH3 is 1. The Labute approximate surface area is 133 Å². The summed E-state index contributed by atoms with van der Waals surface area (Å²) in [5, 5.41) is 2.80.